The van der Waals surface area contributed by atoms with Gasteiger partial charge in [-0.2, -0.15) is 10.2 Å². The molecule has 0 atom stereocenters. The first kappa shape index (κ1) is 17.3. The highest BCUT2D eigenvalue weighted by atomic mass is 16.5. The molecule has 1 saturated heterocycles. The van der Waals surface area contributed by atoms with Crippen molar-refractivity contribution in [3.05, 3.63) is 49.1 Å². The molecule has 3 aromatic heterocycles. The molecule has 3 aromatic rings. The number of carbonyl (C=O) groups excluding carboxylic acids is 1. The quantitative estimate of drug-likeness (QED) is 0.667. The summed E-state index contributed by atoms with van der Waals surface area (Å²) in [6.07, 6.45) is 8.83. The number of hydrogen-bond donors (Lipinski definition) is 0. The lowest BCUT2D eigenvalue weighted by molar-refractivity contribution is -0.127. The van der Waals surface area contributed by atoms with E-state index >= 15 is 0 Å². The second-order valence-electron chi connectivity index (χ2n) is 6.81. The predicted molar refractivity (Wildman–Crippen MR) is 103 cm³/mol. The van der Waals surface area contributed by atoms with Gasteiger partial charge in [-0.05, 0) is 38.0 Å². The minimum absolute atomic E-state index is 0.00551. The third kappa shape index (κ3) is 2.99. The lowest BCUT2D eigenvalue weighted by Crippen LogP contribution is -2.38. The number of methoxy groups -OCH3 is 1. The zero-order chi connectivity index (χ0) is 19.0. The number of nitrogens with zero attached hydrogens (tertiary/aromatic N) is 5. The fourth-order valence-corrected chi connectivity index (χ4v) is 3.84. The molecule has 0 N–H and O–H groups in total. The number of amides is 1. The van der Waals surface area contributed by atoms with Gasteiger partial charge in [-0.3, -0.25) is 9.48 Å². The van der Waals surface area contributed by atoms with Crippen LogP contribution in [0.2, 0.25) is 0 Å². The van der Waals surface area contributed by atoms with E-state index < -0.39 is 0 Å². The summed E-state index contributed by atoms with van der Waals surface area (Å²) in [6.45, 7) is 7.12. The zero-order valence-corrected chi connectivity index (χ0v) is 15.6. The van der Waals surface area contributed by atoms with Crippen LogP contribution in [0.3, 0.4) is 0 Å². The van der Waals surface area contributed by atoms with Gasteiger partial charge in [0, 0.05) is 36.1 Å². The maximum atomic E-state index is 11.8. The monoisotopic (exact) mass is 365 g/mol. The number of piperidine rings is 1. The molecule has 140 valence electrons. The Labute approximate surface area is 157 Å². The number of pyridine rings is 1. The first-order valence-electron chi connectivity index (χ1n) is 9.09. The van der Waals surface area contributed by atoms with Crippen molar-refractivity contribution in [1.29, 1.82) is 0 Å². The van der Waals surface area contributed by atoms with Crippen LogP contribution in [-0.2, 0) is 4.79 Å². The van der Waals surface area contributed by atoms with Gasteiger partial charge in [-0.15, -0.1) is 0 Å². The second-order valence-corrected chi connectivity index (χ2v) is 6.81. The van der Waals surface area contributed by atoms with Crippen LogP contribution >= 0.6 is 0 Å². The van der Waals surface area contributed by atoms with Crippen LogP contribution in [0.15, 0.2) is 43.4 Å². The van der Waals surface area contributed by atoms with Crippen LogP contribution < -0.4 is 4.74 Å². The van der Waals surface area contributed by atoms with Crippen molar-refractivity contribution in [2.75, 3.05) is 20.2 Å². The third-order valence-corrected chi connectivity index (χ3v) is 5.34. The molecule has 0 aromatic carbocycles. The van der Waals surface area contributed by atoms with Crippen LogP contribution in [0, 0.1) is 6.92 Å². The number of likely N-dealkylation sites (tertiary alicyclic amines) is 1. The van der Waals surface area contributed by atoms with Crippen molar-refractivity contribution < 1.29 is 9.53 Å². The predicted octanol–water partition coefficient (Wildman–Crippen LogP) is 2.86. The van der Waals surface area contributed by atoms with Crippen LogP contribution in [-0.4, -0.2) is 50.4 Å². The summed E-state index contributed by atoms with van der Waals surface area (Å²) in [4.78, 5) is 13.6. The molecule has 4 heterocycles. The molecule has 4 rings (SSSR count). The maximum Gasteiger partial charge on any atom is 0.245 e. The van der Waals surface area contributed by atoms with Crippen LogP contribution in [0.4, 0.5) is 0 Å². The minimum atomic E-state index is 0.00551. The number of ether oxygens (including phenoxy) is 1. The first-order valence-corrected chi connectivity index (χ1v) is 9.09. The summed E-state index contributed by atoms with van der Waals surface area (Å²) >= 11 is 0. The molecule has 7 heteroatoms. The van der Waals surface area contributed by atoms with Gasteiger partial charge >= 0.3 is 0 Å². The lowest BCUT2D eigenvalue weighted by atomic mass is 10.0. The Morgan fingerprint density at radius 1 is 1.33 bits per heavy atom. The van der Waals surface area contributed by atoms with E-state index in [4.69, 9.17) is 4.74 Å². The SMILES string of the molecule is C=CC(=O)N1CCC(n2ncc(-c3cc(OC)c4ccnn4c3)c2C)CC1. The van der Waals surface area contributed by atoms with Gasteiger partial charge in [0.1, 0.15) is 11.3 Å². The van der Waals surface area contributed by atoms with Gasteiger partial charge in [0.15, 0.2) is 0 Å². The number of hydrogen-bond acceptors (Lipinski definition) is 4. The molecule has 0 bridgehead atoms. The summed E-state index contributed by atoms with van der Waals surface area (Å²) in [5, 5.41) is 8.99. The van der Waals surface area contributed by atoms with E-state index in [0.29, 0.717) is 6.04 Å². The van der Waals surface area contributed by atoms with Gasteiger partial charge in [-0.25, -0.2) is 4.52 Å². The second kappa shape index (κ2) is 6.90. The van der Waals surface area contributed by atoms with E-state index in [0.717, 1.165) is 54.0 Å². The van der Waals surface area contributed by atoms with Crippen LogP contribution in [0.5, 0.6) is 5.75 Å². The summed E-state index contributed by atoms with van der Waals surface area (Å²) in [5.74, 6) is 0.791. The Kier molecular flexibility index (Phi) is 4.43. The largest absolute Gasteiger partial charge is 0.494 e. The minimum Gasteiger partial charge on any atom is -0.494 e. The molecule has 0 saturated carbocycles. The standard InChI is InChI=1S/C20H23N5O2/c1-4-20(26)23-9-6-16(7-10-23)25-14(2)17(12-22-25)15-11-19(27-3)18-5-8-21-24(18)13-15/h4-5,8,11-13,16H,1,6-7,9-10H2,2-3H3. The number of rotatable bonds is 4. The van der Waals surface area contributed by atoms with E-state index in [2.05, 4.69) is 28.4 Å². The Bertz CT molecular complexity index is 995. The van der Waals surface area contributed by atoms with E-state index in [9.17, 15) is 4.79 Å². The van der Waals surface area contributed by atoms with E-state index in [-0.39, 0.29) is 5.91 Å². The van der Waals surface area contributed by atoms with Crippen molar-refractivity contribution in [1.82, 2.24) is 24.3 Å². The molecule has 1 amide bonds. The van der Waals surface area contributed by atoms with E-state index in [1.54, 1.807) is 13.3 Å². The van der Waals surface area contributed by atoms with Gasteiger partial charge in [-0.1, -0.05) is 6.58 Å². The number of aromatic nitrogens is 4. The van der Waals surface area contributed by atoms with Gasteiger partial charge in [0.2, 0.25) is 5.91 Å². The van der Waals surface area contributed by atoms with Crippen LogP contribution in [0.25, 0.3) is 16.6 Å². The summed E-state index contributed by atoms with van der Waals surface area (Å²) in [7, 11) is 1.67. The molecule has 27 heavy (non-hydrogen) atoms. The summed E-state index contributed by atoms with van der Waals surface area (Å²) in [5.41, 5.74) is 4.13. The molecule has 7 nitrogen and oxygen atoms in total. The molecule has 0 aliphatic carbocycles. The molecule has 1 aliphatic heterocycles. The highest BCUT2D eigenvalue weighted by Crippen LogP contribution is 2.32. The van der Waals surface area contributed by atoms with Crippen molar-refractivity contribution in [2.45, 2.75) is 25.8 Å². The van der Waals surface area contributed by atoms with Crippen molar-refractivity contribution >= 4 is 11.4 Å². The summed E-state index contributed by atoms with van der Waals surface area (Å²) in [6, 6.07) is 4.25. The average molecular weight is 365 g/mol. The van der Waals surface area contributed by atoms with E-state index in [1.807, 2.05) is 33.9 Å². The van der Waals surface area contributed by atoms with E-state index in [1.165, 1.54) is 6.08 Å². The molecular weight excluding hydrogens is 342 g/mol. The van der Waals surface area contributed by atoms with Crippen molar-refractivity contribution in [3.63, 3.8) is 0 Å². The topological polar surface area (TPSA) is 64.7 Å². The highest BCUT2D eigenvalue weighted by Gasteiger charge is 2.25. The number of carbonyl (C=O) groups is 1. The highest BCUT2D eigenvalue weighted by molar-refractivity contribution is 5.87. The van der Waals surface area contributed by atoms with Gasteiger partial charge < -0.3 is 9.64 Å². The first-order chi connectivity index (χ1) is 13.1. The fourth-order valence-electron chi connectivity index (χ4n) is 3.84. The van der Waals surface area contributed by atoms with Gasteiger partial charge in [0.05, 0.1) is 25.5 Å². The molecule has 0 spiro atoms. The average Bonchev–Trinajstić information content (AvgIpc) is 3.33. The molecule has 0 radical (unpaired) electrons. The normalized spacial score (nSPS) is 15.3. The Morgan fingerprint density at radius 3 is 2.81 bits per heavy atom. The van der Waals surface area contributed by atoms with Crippen molar-refractivity contribution in [3.8, 4) is 16.9 Å². The van der Waals surface area contributed by atoms with Crippen LogP contribution in [0.1, 0.15) is 24.6 Å². The maximum absolute atomic E-state index is 11.8. The molecule has 1 aliphatic rings. The lowest BCUT2D eigenvalue weighted by Gasteiger charge is -2.32. The smallest absolute Gasteiger partial charge is 0.245 e. The van der Waals surface area contributed by atoms with Gasteiger partial charge in [0.25, 0.3) is 0 Å². The third-order valence-electron chi connectivity index (χ3n) is 5.34. The Hall–Kier alpha value is -3.09. The zero-order valence-electron chi connectivity index (χ0n) is 15.6. The summed E-state index contributed by atoms with van der Waals surface area (Å²) < 4.78 is 9.43. The van der Waals surface area contributed by atoms with Crippen molar-refractivity contribution in [2.24, 2.45) is 0 Å². The fraction of sp³-hybridized carbons (Fsp3) is 0.350. The molecule has 0 unspecified atom stereocenters. The molecule has 1 fully saturated rings. The Balaban J connectivity index is 1.62. The molecular formula is C20H23N5O2. The number of fused-ring (bicyclic) bond motifs is 1. The Morgan fingerprint density at radius 2 is 2.11 bits per heavy atom.